The molecule has 0 radical (unpaired) electrons. The summed E-state index contributed by atoms with van der Waals surface area (Å²) in [5, 5.41) is 4.67. The molecule has 0 bridgehead atoms. The molecule has 1 aromatic rings. The van der Waals surface area contributed by atoms with Crippen molar-refractivity contribution in [3.63, 3.8) is 0 Å². The van der Waals surface area contributed by atoms with E-state index in [9.17, 15) is 0 Å². The van der Waals surface area contributed by atoms with Crippen LogP contribution in [0.3, 0.4) is 0 Å². The third kappa shape index (κ3) is 5.15. The van der Waals surface area contributed by atoms with Gasteiger partial charge in [0, 0.05) is 24.5 Å². The van der Waals surface area contributed by atoms with E-state index in [4.69, 9.17) is 0 Å². The molecule has 17 heavy (non-hydrogen) atoms. The summed E-state index contributed by atoms with van der Waals surface area (Å²) in [5.41, 5.74) is 1.18. The first-order chi connectivity index (χ1) is 8.17. The largest absolute Gasteiger partial charge is 0.311 e. The Kier molecular flexibility index (Phi) is 6.70. The minimum absolute atomic E-state index is 0.959. The molecule has 0 saturated carbocycles. The quantitative estimate of drug-likeness (QED) is 0.724. The Morgan fingerprint density at radius 2 is 2.00 bits per heavy atom. The maximum atomic E-state index is 4.44. The highest BCUT2D eigenvalue weighted by Gasteiger charge is 2.04. The van der Waals surface area contributed by atoms with E-state index in [-0.39, 0.29) is 0 Å². The Morgan fingerprint density at radius 3 is 2.53 bits per heavy atom. The van der Waals surface area contributed by atoms with Crippen molar-refractivity contribution in [3.05, 3.63) is 15.6 Å². The number of nitrogens with one attached hydrogen (secondary N) is 1. The number of aryl methyl sites for hydroxylation is 2. The van der Waals surface area contributed by atoms with Gasteiger partial charge in [-0.05, 0) is 33.4 Å². The number of thiazole rings is 1. The molecule has 1 rings (SSSR count). The summed E-state index contributed by atoms with van der Waals surface area (Å²) >= 11 is 1.80. The lowest BCUT2D eigenvalue weighted by Gasteiger charge is -2.19. The monoisotopic (exact) mass is 255 g/mol. The van der Waals surface area contributed by atoms with Gasteiger partial charge < -0.3 is 10.2 Å². The Hall–Kier alpha value is -0.450. The highest BCUT2D eigenvalue weighted by molar-refractivity contribution is 7.11. The lowest BCUT2D eigenvalue weighted by atomic mass is 10.3. The second-order valence-electron chi connectivity index (χ2n) is 4.35. The molecule has 98 valence electrons. The fourth-order valence-electron chi connectivity index (χ4n) is 1.92. The topological polar surface area (TPSA) is 28.2 Å². The second-order valence-corrected chi connectivity index (χ2v) is 5.64. The Balaban J connectivity index is 2.21. The van der Waals surface area contributed by atoms with Gasteiger partial charge in [0.1, 0.15) is 0 Å². The van der Waals surface area contributed by atoms with Gasteiger partial charge in [-0.3, -0.25) is 0 Å². The molecule has 1 aromatic heterocycles. The average molecular weight is 255 g/mol. The molecule has 4 heteroatoms. The van der Waals surface area contributed by atoms with Gasteiger partial charge in [0.15, 0.2) is 0 Å². The van der Waals surface area contributed by atoms with Crippen molar-refractivity contribution >= 4 is 11.3 Å². The zero-order valence-corrected chi connectivity index (χ0v) is 12.4. The fraction of sp³-hybridized carbons (Fsp3) is 0.769. The molecule has 0 aliphatic heterocycles. The van der Waals surface area contributed by atoms with Crippen LogP contribution in [-0.4, -0.2) is 36.1 Å². The molecule has 3 nitrogen and oxygen atoms in total. The molecule has 0 saturated heterocycles. The number of rotatable bonds is 8. The third-order valence-electron chi connectivity index (χ3n) is 2.88. The second kappa shape index (κ2) is 7.80. The van der Waals surface area contributed by atoms with E-state index in [1.54, 1.807) is 11.3 Å². The van der Waals surface area contributed by atoms with Crippen LogP contribution in [-0.2, 0) is 6.54 Å². The number of hydrogen-bond donors (Lipinski definition) is 1. The molecule has 1 N–H and O–H groups in total. The summed E-state index contributed by atoms with van der Waals surface area (Å²) in [6.07, 6.45) is 1.24. The summed E-state index contributed by atoms with van der Waals surface area (Å²) in [7, 11) is 0. The number of likely N-dealkylation sites (N-methyl/N-ethyl adjacent to an activating group) is 1. The molecule has 0 fully saturated rings. The van der Waals surface area contributed by atoms with Crippen molar-refractivity contribution in [3.8, 4) is 0 Å². The van der Waals surface area contributed by atoms with Crippen LogP contribution in [0, 0.1) is 13.8 Å². The third-order valence-corrected chi connectivity index (χ3v) is 3.95. The van der Waals surface area contributed by atoms with Crippen LogP contribution < -0.4 is 5.32 Å². The molecule has 0 aliphatic rings. The van der Waals surface area contributed by atoms with E-state index in [1.807, 2.05) is 0 Å². The van der Waals surface area contributed by atoms with Gasteiger partial charge in [0.25, 0.3) is 0 Å². The van der Waals surface area contributed by atoms with Crippen LogP contribution in [0.25, 0.3) is 0 Å². The van der Waals surface area contributed by atoms with Gasteiger partial charge in [0.2, 0.25) is 0 Å². The van der Waals surface area contributed by atoms with E-state index in [0.717, 1.165) is 26.2 Å². The average Bonchev–Trinajstić information content (AvgIpc) is 2.62. The molecular weight excluding hydrogens is 230 g/mol. The zero-order chi connectivity index (χ0) is 12.7. The minimum Gasteiger partial charge on any atom is -0.311 e. The van der Waals surface area contributed by atoms with E-state index in [2.05, 4.69) is 42.9 Å². The predicted octanol–water partition coefficient (Wildman–Crippen LogP) is 2.58. The maximum absolute atomic E-state index is 4.44. The lowest BCUT2D eigenvalue weighted by Crippen LogP contribution is -2.32. The Bertz CT molecular complexity index is 322. The van der Waals surface area contributed by atoms with Crippen molar-refractivity contribution in [2.24, 2.45) is 0 Å². The normalized spacial score (nSPS) is 11.4. The van der Waals surface area contributed by atoms with Crippen molar-refractivity contribution < 1.29 is 0 Å². The van der Waals surface area contributed by atoms with Crippen LogP contribution in [0.5, 0.6) is 0 Å². The molecule has 1 heterocycles. The number of hydrogen-bond acceptors (Lipinski definition) is 4. The van der Waals surface area contributed by atoms with Crippen LogP contribution in [0.2, 0.25) is 0 Å². The predicted molar refractivity (Wildman–Crippen MR) is 75.7 cm³/mol. The molecule has 0 atom stereocenters. The highest BCUT2D eigenvalue weighted by atomic mass is 32.1. The molecular formula is C13H25N3S. The molecule has 0 unspecified atom stereocenters. The van der Waals surface area contributed by atoms with E-state index in [1.165, 1.54) is 28.5 Å². The fourth-order valence-corrected chi connectivity index (χ4v) is 2.83. The van der Waals surface area contributed by atoms with Gasteiger partial charge in [-0.25, -0.2) is 4.98 Å². The zero-order valence-electron chi connectivity index (χ0n) is 11.5. The van der Waals surface area contributed by atoms with Gasteiger partial charge in [-0.1, -0.05) is 13.8 Å². The van der Waals surface area contributed by atoms with Gasteiger partial charge in [-0.15, -0.1) is 11.3 Å². The highest BCUT2D eigenvalue weighted by Crippen LogP contribution is 2.16. The van der Waals surface area contributed by atoms with Crippen LogP contribution in [0.4, 0.5) is 0 Å². The first kappa shape index (κ1) is 14.6. The summed E-state index contributed by atoms with van der Waals surface area (Å²) < 4.78 is 0. The first-order valence-corrected chi connectivity index (χ1v) is 7.35. The minimum atomic E-state index is 0.959. The van der Waals surface area contributed by atoms with E-state index < -0.39 is 0 Å². The van der Waals surface area contributed by atoms with E-state index >= 15 is 0 Å². The van der Waals surface area contributed by atoms with Crippen molar-refractivity contribution in [1.82, 2.24) is 15.2 Å². The summed E-state index contributed by atoms with van der Waals surface area (Å²) in [6.45, 7) is 14.1. The Morgan fingerprint density at radius 1 is 1.24 bits per heavy atom. The van der Waals surface area contributed by atoms with Gasteiger partial charge in [-0.2, -0.15) is 0 Å². The van der Waals surface area contributed by atoms with E-state index in [0.29, 0.717) is 0 Å². The number of aromatic nitrogens is 1. The smallest absolute Gasteiger partial charge is 0.0900 e. The van der Waals surface area contributed by atoms with Crippen LogP contribution >= 0.6 is 11.3 Å². The molecule has 0 amide bonds. The van der Waals surface area contributed by atoms with Gasteiger partial charge in [0.05, 0.1) is 10.7 Å². The SMILES string of the molecule is CCCN(CC)CCNCc1sc(C)nc1C. The Labute approximate surface area is 109 Å². The van der Waals surface area contributed by atoms with Crippen molar-refractivity contribution in [2.75, 3.05) is 26.2 Å². The van der Waals surface area contributed by atoms with Crippen molar-refractivity contribution in [1.29, 1.82) is 0 Å². The van der Waals surface area contributed by atoms with Gasteiger partial charge >= 0.3 is 0 Å². The lowest BCUT2D eigenvalue weighted by molar-refractivity contribution is 0.287. The summed E-state index contributed by atoms with van der Waals surface area (Å²) in [5.74, 6) is 0. The summed E-state index contributed by atoms with van der Waals surface area (Å²) in [6, 6.07) is 0. The van der Waals surface area contributed by atoms with Crippen LogP contribution in [0.15, 0.2) is 0 Å². The molecule has 0 aliphatic carbocycles. The molecule has 0 aromatic carbocycles. The first-order valence-electron chi connectivity index (χ1n) is 6.53. The summed E-state index contributed by atoms with van der Waals surface area (Å²) in [4.78, 5) is 8.30. The van der Waals surface area contributed by atoms with Crippen molar-refractivity contribution in [2.45, 2.75) is 40.7 Å². The standard InChI is InChI=1S/C13H25N3S/c1-5-8-16(6-2)9-7-14-10-13-11(3)15-12(4)17-13/h14H,5-10H2,1-4H3. The number of nitrogens with zero attached hydrogens (tertiary/aromatic N) is 2. The molecule has 0 spiro atoms. The maximum Gasteiger partial charge on any atom is 0.0900 e. The van der Waals surface area contributed by atoms with Crippen LogP contribution in [0.1, 0.15) is 35.8 Å².